The van der Waals surface area contributed by atoms with Crippen molar-refractivity contribution >= 4 is 39.3 Å². The highest BCUT2D eigenvalue weighted by atomic mass is 16.5. The van der Waals surface area contributed by atoms with Crippen molar-refractivity contribution in [1.29, 1.82) is 0 Å². The fourth-order valence-electron chi connectivity index (χ4n) is 8.63. The molecule has 304 valence electrons. The lowest BCUT2D eigenvalue weighted by molar-refractivity contribution is 0.115. The van der Waals surface area contributed by atoms with Crippen LogP contribution in [0.3, 0.4) is 0 Å². The summed E-state index contributed by atoms with van der Waals surface area (Å²) >= 11 is 0. The van der Waals surface area contributed by atoms with E-state index in [0.717, 1.165) is 118 Å². The van der Waals surface area contributed by atoms with Crippen LogP contribution in [0.25, 0.3) is 55.4 Å². The van der Waals surface area contributed by atoms with Crippen LogP contribution in [0.1, 0.15) is 13.3 Å². The Balaban J connectivity index is 0.870. The number of fused-ring (bicyclic) bond motifs is 2. The van der Waals surface area contributed by atoms with Crippen LogP contribution < -0.4 is 19.4 Å². The molecule has 9 aromatic rings. The lowest BCUT2D eigenvalue weighted by atomic mass is 10.0. The molecule has 2 saturated heterocycles. The van der Waals surface area contributed by atoms with Crippen molar-refractivity contribution in [1.82, 2.24) is 59.1 Å². The number of aromatic nitrogens is 12. The Labute approximate surface area is 351 Å². The molecule has 9 heterocycles. The number of pyridine rings is 2. The van der Waals surface area contributed by atoms with E-state index in [-0.39, 0.29) is 0 Å². The summed E-state index contributed by atoms with van der Waals surface area (Å²) in [5.74, 6) is 3.51. The van der Waals surface area contributed by atoms with Gasteiger partial charge in [-0.3, -0.25) is 9.36 Å². The van der Waals surface area contributed by atoms with Gasteiger partial charge in [-0.05, 0) is 54.4 Å². The number of hydrogen-bond donors (Lipinski definition) is 0. The van der Waals surface area contributed by atoms with E-state index >= 15 is 0 Å². The zero-order chi connectivity index (χ0) is 41.1. The second-order valence-corrected chi connectivity index (χ2v) is 16.1. The summed E-state index contributed by atoms with van der Waals surface area (Å²) in [5, 5.41) is 20.6. The summed E-state index contributed by atoms with van der Waals surface area (Å²) in [6, 6.07) is 20.9. The van der Waals surface area contributed by atoms with Crippen molar-refractivity contribution in [3.63, 3.8) is 0 Å². The molecule has 2 aromatic carbocycles. The van der Waals surface area contributed by atoms with E-state index in [1.54, 1.807) is 12.5 Å². The maximum absolute atomic E-state index is 7.12. The maximum Gasteiger partial charge on any atom is 0.132 e. The van der Waals surface area contributed by atoms with Gasteiger partial charge in [0, 0.05) is 113 Å². The number of piperazine rings is 1. The average Bonchev–Trinajstić information content (AvgIpc) is 4.16. The van der Waals surface area contributed by atoms with E-state index in [1.165, 1.54) is 0 Å². The predicted octanol–water partition coefficient (Wildman–Crippen LogP) is 6.12. The first-order chi connectivity index (χ1) is 29.8. The van der Waals surface area contributed by atoms with Gasteiger partial charge in [0.1, 0.15) is 35.1 Å². The highest BCUT2D eigenvalue weighted by Crippen LogP contribution is 2.39. The minimum atomic E-state index is -0.505. The Morgan fingerprint density at radius 1 is 0.557 bits per heavy atom. The monoisotopic (exact) mass is 809 g/mol. The van der Waals surface area contributed by atoms with Gasteiger partial charge >= 0.3 is 0 Å². The first kappa shape index (κ1) is 36.5. The maximum atomic E-state index is 7.12. The van der Waals surface area contributed by atoms with Gasteiger partial charge in [-0.15, -0.1) is 0 Å². The molecule has 11 rings (SSSR count). The summed E-state index contributed by atoms with van der Waals surface area (Å²) in [7, 11) is 3.86. The fourth-order valence-corrected chi connectivity index (χ4v) is 8.63. The van der Waals surface area contributed by atoms with Crippen molar-refractivity contribution in [3.05, 3.63) is 123 Å². The predicted molar refractivity (Wildman–Crippen MR) is 234 cm³/mol. The molecule has 0 unspecified atom stereocenters. The van der Waals surface area contributed by atoms with Gasteiger partial charge in [0.2, 0.25) is 0 Å². The van der Waals surface area contributed by atoms with E-state index in [4.69, 9.17) is 24.9 Å². The van der Waals surface area contributed by atoms with Crippen LogP contribution in [0.2, 0.25) is 0 Å². The van der Waals surface area contributed by atoms with E-state index in [0.29, 0.717) is 6.54 Å². The zero-order valence-electron chi connectivity index (χ0n) is 34.1. The van der Waals surface area contributed by atoms with Gasteiger partial charge in [0.05, 0.1) is 59.1 Å². The Kier molecular flexibility index (Phi) is 8.72. The van der Waals surface area contributed by atoms with Crippen molar-refractivity contribution < 1.29 is 4.74 Å². The van der Waals surface area contributed by atoms with Crippen LogP contribution >= 0.6 is 0 Å². The molecule has 0 bridgehead atoms. The molecule has 0 N–H and O–H groups in total. The molecule has 16 nitrogen and oxygen atoms in total. The van der Waals surface area contributed by atoms with Gasteiger partial charge in [0.15, 0.2) is 0 Å². The molecule has 16 heteroatoms. The molecule has 0 radical (unpaired) electrons. The summed E-state index contributed by atoms with van der Waals surface area (Å²) in [4.78, 5) is 25.0. The molecule has 2 fully saturated rings. The minimum Gasteiger partial charge on any atom is -0.485 e. The van der Waals surface area contributed by atoms with E-state index in [1.807, 2.05) is 101 Å². The van der Waals surface area contributed by atoms with Crippen LogP contribution in [0.4, 0.5) is 17.5 Å². The van der Waals surface area contributed by atoms with Crippen LogP contribution in [-0.4, -0.2) is 104 Å². The normalized spacial score (nSPS) is 16.9. The van der Waals surface area contributed by atoms with Crippen LogP contribution in [0.15, 0.2) is 123 Å². The summed E-state index contributed by atoms with van der Waals surface area (Å²) in [6.45, 7) is 6.96. The van der Waals surface area contributed by atoms with Gasteiger partial charge in [-0.1, -0.05) is 12.1 Å². The third-order valence-electron chi connectivity index (χ3n) is 11.9. The van der Waals surface area contributed by atoms with Crippen molar-refractivity contribution in [2.75, 3.05) is 54.0 Å². The van der Waals surface area contributed by atoms with E-state index in [2.05, 4.69) is 84.3 Å². The number of hydrogen-bond acceptors (Lipinski definition) is 12. The van der Waals surface area contributed by atoms with Gasteiger partial charge in [-0.2, -0.15) is 20.4 Å². The first-order valence-electron chi connectivity index (χ1n) is 20.4. The van der Waals surface area contributed by atoms with Crippen LogP contribution in [-0.2, 0) is 14.1 Å². The third-order valence-corrected chi connectivity index (χ3v) is 11.9. The lowest BCUT2D eigenvalue weighted by Gasteiger charge is -2.36. The SMILES string of the molecule is Cn1cc(-c2ccc3cnn(-c4ccnc(N5CC[C@](C)(Oc6cc(-c7cnn(C)c7)cc7c6cnn7-c6ccnc(N7CCN(c8ccncn8)CC7)c6)C5)c4)c3c2)cn1. The van der Waals surface area contributed by atoms with Gasteiger partial charge in [-0.25, -0.2) is 29.3 Å². The first-order valence-corrected chi connectivity index (χ1v) is 20.4. The Morgan fingerprint density at radius 2 is 1.21 bits per heavy atom. The molecule has 0 aliphatic carbocycles. The molecular formula is C45H43N15O. The Hall–Kier alpha value is -7.62. The Bertz CT molecular complexity index is 3030. The summed E-state index contributed by atoms with van der Waals surface area (Å²) in [6.07, 6.45) is 19.6. The molecule has 1 atom stereocenters. The van der Waals surface area contributed by atoms with Gasteiger partial charge < -0.3 is 19.4 Å². The van der Waals surface area contributed by atoms with E-state index in [9.17, 15) is 0 Å². The summed E-state index contributed by atoms with van der Waals surface area (Å²) in [5.41, 5.74) is 7.47. The smallest absolute Gasteiger partial charge is 0.132 e. The third kappa shape index (κ3) is 6.84. The zero-order valence-corrected chi connectivity index (χ0v) is 34.1. The number of rotatable bonds is 9. The Morgan fingerprint density at radius 3 is 1.90 bits per heavy atom. The second-order valence-electron chi connectivity index (χ2n) is 16.1. The van der Waals surface area contributed by atoms with E-state index < -0.39 is 5.60 Å². The number of nitrogens with zero attached hydrogens (tertiary/aromatic N) is 15. The summed E-state index contributed by atoms with van der Waals surface area (Å²) < 4.78 is 14.7. The van der Waals surface area contributed by atoms with Crippen molar-refractivity contribution in [2.24, 2.45) is 14.1 Å². The number of aryl methyl sites for hydroxylation is 2. The molecule has 0 spiro atoms. The number of anilines is 3. The second kappa shape index (κ2) is 14.6. The highest BCUT2D eigenvalue weighted by Gasteiger charge is 2.37. The topological polar surface area (TPSA) is 142 Å². The molecule has 2 aliphatic heterocycles. The fraction of sp³-hybridized carbons (Fsp3) is 0.244. The standard InChI is InChI=1S/C45H43N15O/c1-45(9-13-58(29-45)44-22-36(6-12-48-44)59-39-18-31(4-5-32(39)23-52-59)34-24-50-54(2)27-34)61-41-20-33(35-25-51-55(3)28-35)19-40-38(41)26-53-60(40)37-7-11-47-43(21-37)57-16-14-56(15-17-57)42-8-10-46-30-49-42/h4-8,10-12,18-28,30H,9,13-17,29H2,1-3H3/t45-/m0/s1. The largest absolute Gasteiger partial charge is 0.485 e. The molecule has 0 amide bonds. The molecule has 61 heavy (non-hydrogen) atoms. The number of ether oxygens (including phenoxy) is 1. The molecule has 2 aliphatic rings. The van der Waals surface area contributed by atoms with Crippen molar-refractivity contribution in [3.8, 4) is 39.4 Å². The quantitative estimate of drug-likeness (QED) is 0.166. The van der Waals surface area contributed by atoms with Crippen molar-refractivity contribution in [2.45, 2.75) is 18.9 Å². The van der Waals surface area contributed by atoms with Gasteiger partial charge in [0.25, 0.3) is 0 Å². The lowest BCUT2D eigenvalue weighted by Crippen LogP contribution is -2.47. The molecule has 0 saturated carbocycles. The van der Waals surface area contributed by atoms with Crippen LogP contribution in [0.5, 0.6) is 5.75 Å². The molecular weight excluding hydrogens is 767 g/mol. The van der Waals surface area contributed by atoms with Crippen LogP contribution in [0, 0.1) is 0 Å². The number of benzene rings is 2. The average molecular weight is 810 g/mol. The minimum absolute atomic E-state index is 0.505. The molecule has 7 aromatic heterocycles. The highest BCUT2D eigenvalue weighted by molar-refractivity contribution is 5.91.